The largest absolute Gasteiger partial charge is 0.492 e. The molecule has 1 saturated heterocycles. The number of morpholine rings is 1. The van der Waals surface area contributed by atoms with E-state index in [1.165, 1.54) is 0 Å². The molecule has 0 aromatic heterocycles. The maximum atomic E-state index is 5.66. The molecule has 3 nitrogen and oxygen atoms in total. The summed E-state index contributed by atoms with van der Waals surface area (Å²) in [5, 5.41) is 0. The summed E-state index contributed by atoms with van der Waals surface area (Å²) in [7, 11) is 0. The average molecular weight is 323 g/mol. The van der Waals surface area contributed by atoms with Crippen molar-refractivity contribution >= 4 is 28.3 Å². The van der Waals surface area contributed by atoms with Gasteiger partial charge in [0.05, 0.1) is 13.2 Å². The van der Waals surface area contributed by atoms with Crippen LogP contribution in [-0.4, -0.2) is 44.4 Å². The molecule has 1 heterocycles. The van der Waals surface area contributed by atoms with Crippen molar-refractivity contribution in [2.45, 2.75) is 0 Å². The van der Waals surface area contributed by atoms with Crippen LogP contribution in [0, 0.1) is 0 Å². The zero-order valence-corrected chi connectivity index (χ0v) is 12.0. The van der Waals surface area contributed by atoms with E-state index in [4.69, 9.17) is 9.47 Å². The second kappa shape index (κ2) is 7.93. The first-order valence-corrected chi connectivity index (χ1v) is 6.32. The highest BCUT2D eigenvalue weighted by Crippen LogP contribution is 2.15. The van der Waals surface area contributed by atoms with Crippen LogP contribution in [0.2, 0.25) is 0 Å². The summed E-state index contributed by atoms with van der Waals surface area (Å²) in [6.07, 6.45) is 0. The molecule has 0 N–H and O–H groups in total. The molecule has 96 valence electrons. The Morgan fingerprint density at radius 1 is 1.18 bits per heavy atom. The third-order valence-electron chi connectivity index (χ3n) is 2.59. The zero-order valence-electron chi connectivity index (χ0n) is 9.60. The van der Waals surface area contributed by atoms with Crippen molar-refractivity contribution in [3.8, 4) is 5.75 Å². The number of rotatable bonds is 4. The molecule has 0 amide bonds. The Labute approximate surface area is 117 Å². The molecule has 17 heavy (non-hydrogen) atoms. The van der Waals surface area contributed by atoms with Crippen molar-refractivity contribution < 1.29 is 9.47 Å². The monoisotopic (exact) mass is 321 g/mol. The van der Waals surface area contributed by atoms with Gasteiger partial charge >= 0.3 is 0 Å². The van der Waals surface area contributed by atoms with Gasteiger partial charge in [0.2, 0.25) is 0 Å². The number of halogens is 2. The van der Waals surface area contributed by atoms with Gasteiger partial charge in [0, 0.05) is 24.1 Å². The van der Waals surface area contributed by atoms with Crippen molar-refractivity contribution in [1.82, 2.24) is 4.90 Å². The lowest BCUT2D eigenvalue weighted by atomic mass is 10.3. The molecule has 1 aromatic rings. The maximum Gasteiger partial charge on any atom is 0.119 e. The Morgan fingerprint density at radius 3 is 2.47 bits per heavy atom. The first-order valence-electron chi connectivity index (χ1n) is 5.53. The lowest BCUT2D eigenvalue weighted by Gasteiger charge is -2.26. The molecule has 0 radical (unpaired) electrons. The first-order chi connectivity index (χ1) is 7.84. The SMILES string of the molecule is Brc1ccc(OCCN2CCOCC2)cc1.Cl. The minimum Gasteiger partial charge on any atom is -0.492 e. The summed E-state index contributed by atoms with van der Waals surface area (Å²) in [6.45, 7) is 5.44. The van der Waals surface area contributed by atoms with Crippen LogP contribution >= 0.6 is 28.3 Å². The van der Waals surface area contributed by atoms with Gasteiger partial charge in [0.25, 0.3) is 0 Å². The number of benzene rings is 1. The van der Waals surface area contributed by atoms with Crippen LogP contribution in [0.15, 0.2) is 28.7 Å². The summed E-state index contributed by atoms with van der Waals surface area (Å²) in [5.74, 6) is 0.927. The Hall–Kier alpha value is -0.290. The molecule has 0 spiro atoms. The van der Waals surface area contributed by atoms with E-state index in [0.717, 1.165) is 49.7 Å². The van der Waals surface area contributed by atoms with Gasteiger partial charge in [-0.05, 0) is 24.3 Å². The normalized spacial score (nSPS) is 16.3. The van der Waals surface area contributed by atoms with Gasteiger partial charge in [-0.2, -0.15) is 0 Å². The van der Waals surface area contributed by atoms with Crippen LogP contribution in [0.5, 0.6) is 5.75 Å². The van der Waals surface area contributed by atoms with Crippen LogP contribution < -0.4 is 4.74 Å². The third-order valence-corrected chi connectivity index (χ3v) is 3.12. The maximum absolute atomic E-state index is 5.66. The quantitative estimate of drug-likeness (QED) is 0.850. The second-order valence-electron chi connectivity index (χ2n) is 3.76. The van der Waals surface area contributed by atoms with E-state index in [9.17, 15) is 0 Å². The molecule has 2 rings (SSSR count). The molecule has 1 aromatic carbocycles. The van der Waals surface area contributed by atoms with Crippen molar-refractivity contribution in [2.24, 2.45) is 0 Å². The van der Waals surface area contributed by atoms with Crippen LogP contribution in [-0.2, 0) is 4.74 Å². The standard InChI is InChI=1S/C12H16BrNO2.ClH/c13-11-1-3-12(4-2-11)16-10-7-14-5-8-15-9-6-14;/h1-4H,5-10H2;1H. The molecular formula is C12H17BrClNO2. The van der Waals surface area contributed by atoms with Gasteiger partial charge in [-0.25, -0.2) is 0 Å². The fourth-order valence-corrected chi connectivity index (χ4v) is 1.91. The van der Waals surface area contributed by atoms with Crippen LogP contribution in [0.1, 0.15) is 0 Å². The smallest absolute Gasteiger partial charge is 0.119 e. The second-order valence-corrected chi connectivity index (χ2v) is 4.67. The highest BCUT2D eigenvalue weighted by molar-refractivity contribution is 9.10. The average Bonchev–Trinajstić information content (AvgIpc) is 2.33. The number of ether oxygens (including phenoxy) is 2. The summed E-state index contributed by atoms with van der Waals surface area (Å²) in [4.78, 5) is 2.36. The lowest BCUT2D eigenvalue weighted by molar-refractivity contribution is 0.0322. The van der Waals surface area contributed by atoms with Crippen LogP contribution in [0.25, 0.3) is 0 Å². The number of hydrogen-bond donors (Lipinski definition) is 0. The van der Waals surface area contributed by atoms with E-state index >= 15 is 0 Å². The summed E-state index contributed by atoms with van der Waals surface area (Å²) >= 11 is 3.40. The highest BCUT2D eigenvalue weighted by Gasteiger charge is 2.09. The predicted octanol–water partition coefficient (Wildman–Crippen LogP) is 2.58. The van der Waals surface area contributed by atoms with Crippen molar-refractivity contribution in [3.63, 3.8) is 0 Å². The minimum absolute atomic E-state index is 0. The van der Waals surface area contributed by atoms with Gasteiger partial charge in [0.15, 0.2) is 0 Å². The number of hydrogen-bond acceptors (Lipinski definition) is 3. The molecule has 5 heteroatoms. The van der Waals surface area contributed by atoms with Crippen LogP contribution in [0.4, 0.5) is 0 Å². The highest BCUT2D eigenvalue weighted by atomic mass is 79.9. The van der Waals surface area contributed by atoms with Crippen molar-refractivity contribution in [3.05, 3.63) is 28.7 Å². The number of nitrogens with zero attached hydrogens (tertiary/aromatic N) is 1. The van der Waals surface area contributed by atoms with Gasteiger partial charge in [-0.15, -0.1) is 12.4 Å². The van der Waals surface area contributed by atoms with Gasteiger partial charge < -0.3 is 9.47 Å². The third kappa shape index (κ3) is 5.25. The Bertz CT molecular complexity index is 315. The molecule has 1 aliphatic rings. The molecule has 0 bridgehead atoms. The Balaban J connectivity index is 0.00000144. The predicted molar refractivity (Wildman–Crippen MR) is 74.1 cm³/mol. The molecule has 0 saturated carbocycles. The minimum atomic E-state index is 0. The Morgan fingerprint density at radius 2 is 1.82 bits per heavy atom. The molecule has 0 aliphatic carbocycles. The van der Waals surface area contributed by atoms with E-state index in [1.807, 2.05) is 24.3 Å². The fraction of sp³-hybridized carbons (Fsp3) is 0.500. The summed E-state index contributed by atoms with van der Waals surface area (Å²) < 4.78 is 12.0. The Kier molecular flexibility index (Phi) is 6.89. The van der Waals surface area contributed by atoms with E-state index in [0.29, 0.717) is 0 Å². The van der Waals surface area contributed by atoms with E-state index < -0.39 is 0 Å². The van der Waals surface area contributed by atoms with Crippen molar-refractivity contribution in [1.29, 1.82) is 0 Å². The first kappa shape index (κ1) is 14.8. The van der Waals surface area contributed by atoms with E-state index in [1.54, 1.807) is 0 Å². The summed E-state index contributed by atoms with van der Waals surface area (Å²) in [6, 6.07) is 7.93. The lowest BCUT2D eigenvalue weighted by Crippen LogP contribution is -2.38. The zero-order chi connectivity index (χ0) is 11.2. The molecule has 1 aliphatic heterocycles. The van der Waals surface area contributed by atoms with E-state index in [-0.39, 0.29) is 12.4 Å². The van der Waals surface area contributed by atoms with Gasteiger partial charge in [0.1, 0.15) is 12.4 Å². The summed E-state index contributed by atoms with van der Waals surface area (Å²) in [5.41, 5.74) is 0. The topological polar surface area (TPSA) is 21.7 Å². The molecular weight excluding hydrogens is 305 g/mol. The molecule has 0 atom stereocenters. The van der Waals surface area contributed by atoms with Gasteiger partial charge in [-0.1, -0.05) is 15.9 Å². The van der Waals surface area contributed by atoms with E-state index in [2.05, 4.69) is 20.8 Å². The fourth-order valence-electron chi connectivity index (χ4n) is 1.65. The molecule has 0 unspecified atom stereocenters. The molecule has 1 fully saturated rings. The van der Waals surface area contributed by atoms with Crippen LogP contribution in [0.3, 0.4) is 0 Å². The van der Waals surface area contributed by atoms with Crippen molar-refractivity contribution in [2.75, 3.05) is 39.5 Å². The van der Waals surface area contributed by atoms with Gasteiger partial charge in [-0.3, -0.25) is 4.90 Å².